The molecule has 3 rings (SSSR count). The third kappa shape index (κ3) is 2.69. The lowest BCUT2D eigenvalue weighted by Gasteiger charge is -2.08. The van der Waals surface area contributed by atoms with Gasteiger partial charge in [0.05, 0.1) is 18.2 Å². The van der Waals surface area contributed by atoms with Crippen molar-refractivity contribution in [2.45, 2.75) is 13.0 Å². The fourth-order valence-corrected chi connectivity index (χ4v) is 2.19. The predicted molar refractivity (Wildman–Crippen MR) is 80.0 cm³/mol. The van der Waals surface area contributed by atoms with E-state index >= 15 is 0 Å². The molecule has 20 heavy (non-hydrogen) atoms. The van der Waals surface area contributed by atoms with E-state index in [9.17, 15) is 0 Å². The minimum absolute atomic E-state index is 0.532. The Morgan fingerprint density at radius 2 is 1.85 bits per heavy atom. The molecule has 100 valence electrons. The molecule has 0 aliphatic heterocycles. The first kappa shape index (κ1) is 12.4. The van der Waals surface area contributed by atoms with Crippen LogP contribution in [0.15, 0.2) is 61.2 Å². The van der Waals surface area contributed by atoms with Crippen LogP contribution in [0.2, 0.25) is 0 Å². The highest BCUT2D eigenvalue weighted by Crippen LogP contribution is 2.19. The van der Waals surface area contributed by atoms with E-state index in [1.54, 1.807) is 6.20 Å². The Labute approximate surface area is 117 Å². The molecule has 0 aliphatic carbocycles. The minimum Gasteiger partial charge on any atom is -0.384 e. The van der Waals surface area contributed by atoms with Gasteiger partial charge in [0.1, 0.15) is 5.82 Å². The van der Waals surface area contributed by atoms with Crippen molar-refractivity contribution in [1.29, 1.82) is 0 Å². The molecule has 0 fully saturated rings. The molecule has 0 saturated heterocycles. The van der Waals surface area contributed by atoms with E-state index in [2.05, 4.69) is 38.8 Å². The number of hydrogen-bond acceptors (Lipinski definition) is 3. The standard InChI is InChI=1S/C16H16N4/c17-16-7-6-14(10-19-16)15-11-18-12-20(15)9-8-13-4-2-1-3-5-13/h1-7,10-12H,8-9H2,(H2,17,19). The highest BCUT2D eigenvalue weighted by Gasteiger charge is 2.05. The molecule has 4 heteroatoms. The van der Waals surface area contributed by atoms with Crippen LogP contribution >= 0.6 is 0 Å². The van der Waals surface area contributed by atoms with Crippen molar-refractivity contribution < 1.29 is 0 Å². The minimum atomic E-state index is 0.532. The Morgan fingerprint density at radius 1 is 1.00 bits per heavy atom. The molecular formula is C16H16N4. The number of pyridine rings is 1. The topological polar surface area (TPSA) is 56.7 Å². The van der Waals surface area contributed by atoms with Gasteiger partial charge in [-0.05, 0) is 24.1 Å². The van der Waals surface area contributed by atoms with Gasteiger partial charge in [-0.2, -0.15) is 0 Å². The van der Waals surface area contributed by atoms with E-state index in [4.69, 9.17) is 5.73 Å². The Hall–Kier alpha value is -2.62. The summed E-state index contributed by atoms with van der Waals surface area (Å²) >= 11 is 0. The van der Waals surface area contributed by atoms with Crippen LogP contribution in [-0.4, -0.2) is 14.5 Å². The number of hydrogen-bond donors (Lipinski definition) is 1. The number of benzene rings is 1. The number of aryl methyl sites for hydroxylation is 2. The summed E-state index contributed by atoms with van der Waals surface area (Å²) in [5, 5.41) is 0. The van der Waals surface area contributed by atoms with Crippen LogP contribution in [0.5, 0.6) is 0 Å². The summed E-state index contributed by atoms with van der Waals surface area (Å²) < 4.78 is 2.14. The van der Waals surface area contributed by atoms with Gasteiger partial charge in [0.2, 0.25) is 0 Å². The fraction of sp³-hybridized carbons (Fsp3) is 0.125. The van der Waals surface area contributed by atoms with Crippen molar-refractivity contribution in [2.24, 2.45) is 0 Å². The van der Waals surface area contributed by atoms with Gasteiger partial charge in [-0.25, -0.2) is 9.97 Å². The SMILES string of the molecule is Nc1ccc(-c2cncn2CCc2ccccc2)cn1. The van der Waals surface area contributed by atoms with Crippen molar-refractivity contribution in [1.82, 2.24) is 14.5 Å². The number of aromatic nitrogens is 3. The van der Waals surface area contributed by atoms with Gasteiger partial charge in [-0.1, -0.05) is 30.3 Å². The fourth-order valence-electron chi connectivity index (χ4n) is 2.19. The molecule has 0 aliphatic rings. The largest absolute Gasteiger partial charge is 0.384 e. The van der Waals surface area contributed by atoms with Crippen molar-refractivity contribution in [3.63, 3.8) is 0 Å². The first-order valence-corrected chi connectivity index (χ1v) is 6.59. The van der Waals surface area contributed by atoms with Gasteiger partial charge < -0.3 is 10.3 Å². The molecule has 0 radical (unpaired) electrons. The monoisotopic (exact) mass is 264 g/mol. The second-order valence-electron chi connectivity index (χ2n) is 4.68. The molecular weight excluding hydrogens is 248 g/mol. The van der Waals surface area contributed by atoms with Gasteiger partial charge in [0.15, 0.2) is 0 Å². The average Bonchev–Trinajstić information content (AvgIpc) is 2.95. The maximum absolute atomic E-state index is 5.62. The maximum atomic E-state index is 5.62. The summed E-state index contributed by atoms with van der Waals surface area (Å²) in [6.07, 6.45) is 6.48. The molecule has 2 heterocycles. The van der Waals surface area contributed by atoms with Crippen LogP contribution in [0.1, 0.15) is 5.56 Å². The highest BCUT2D eigenvalue weighted by atomic mass is 15.0. The molecule has 3 aromatic rings. The zero-order chi connectivity index (χ0) is 13.8. The normalized spacial score (nSPS) is 10.6. The van der Waals surface area contributed by atoms with Gasteiger partial charge in [-0.3, -0.25) is 0 Å². The molecule has 0 bridgehead atoms. The number of imidazole rings is 1. The zero-order valence-electron chi connectivity index (χ0n) is 11.1. The van der Waals surface area contributed by atoms with Crippen molar-refractivity contribution in [3.8, 4) is 11.3 Å². The average molecular weight is 264 g/mol. The lowest BCUT2D eigenvalue weighted by Crippen LogP contribution is -2.02. The van der Waals surface area contributed by atoms with Crippen LogP contribution < -0.4 is 5.73 Å². The molecule has 0 unspecified atom stereocenters. The summed E-state index contributed by atoms with van der Waals surface area (Å²) in [6, 6.07) is 14.2. The zero-order valence-corrected chi connectivity index (χ0v) is 11.1. The molecule has 2 aromatic heterocycles. The second kappa shape index (κ2) is 5.57. The Morgan fingerprint density at radius 3 is 2.60 bits per heavy atom. The number of nitrogens with two attached hydrogens (primary N) is 1. The Kier molecular flexibility index (Phi) is 3.46. The van der Waals surface area contributed by atoms with Gasteiger partial charge in [0, 0.05) is 18.3 Å². The van der Waals surface area contributed by atoms with Crippen molar-refractivity contribution in [2.75, 3.05) is 5.73 Å². The van der Waals surface area contributed by atoms with E-state index in [1.165, 1.54) is 5.56 Å². The van der Waals surface area contributed by atoms with Crippen molar-refractivity contribution in [3.05, 3.63) is 66.7 Å². The van der Waals surface area contributed by atoms with E-state index < -0.39 is 0 Å². The molecule has 0 amide bonds. The van der Waals surface area contributed by atoms with Gasteiger partial charge in [0.25, 0.3) is 0 Å². The van der Waals surface area contributed by atoms with Crippen LogP contribution in [-0.2, 0) is 13.0 Å². The lowest BCUT2D eigenvalue weighted by atomic mass is 10.1. The van der Waals surface area contributed by atoms with E-state index in [0.717, 1.165) is 24.2 Å². The van der Waals surface area contributed by atoms with E-state index in [-0.39, 0.29) is 0 Å². The van der Waals surface area contributed by atoms with Crippen LogP contribution in [0, 0.1) is 0 Å². The molecule has 0 atom stereocenters. The summed E-state index contributed by atoms with van der Waals surface area (Å²) in [5.41, 5.74) is 9.04. The number of nitrogens with zero attached hydrogens (tertiary/aromatic N) is 3. The predicted octanol–water partition coefficient (Wildman–Crippen LogP) is 2.77. The summed E-state index contributed by atoms with van der Waals surface area (Å²) in [6.45, 7) is 0.893. The summed E-state index contributed by atoms with van der Waals surface area (Å²) in [7, 11) is 0. The molecule has 0 spiro atoms. The second-order valence-corrected chi connectivity index (χ2v) is 4.68. The highest BCUT2D eigenvalue weighted by molar-refractivity contribution is 5.59. The molecule has 1 aromatic carbocycles. The first-order valence-electron chi connectivity index (χ1n) is 6.59. The quantitative estimate of drug-likeness (QED) is 0.788. The van der Waals surface area contributed by atoms with Crippen LogP contribution in [0.25, 0.3) is 11.3 Å². The molecule has 2 N–H and O–H groups in total. The molecule has 0 saturated carbocycles. The lowest BCUT2D eigenvalue weighted by molar-refractivity contribution is 0.701. The van der Waals surface area contributed by atoms with Crippen molar-refractivity contribution >= 4 is 5.82 Å². The van der Waals surface area contributed by atoms with Crippen LogP contribution in [0.4, 0.5) is 5.82 Å². The smallest absolute Gasteiger partial charge is 0.123 e. The maximum Gasteiger partial charge on any atom is 0.123 e. The molecule has 4 nitrogen and oxygen atoms in total. The van der Waals surface area contributed by atoms with Gasteiger partial charge in [-0.15, -0.1) is 0 Å². The summed E-state index contributed by atoms with van der Waals surface area (Å²) in [5.74, 6) is 0.532. The Bertz CT molecular complexity index is 671. The Balaban J connectivity index is 1.78. The summed E-state index contributed by atoms with van der Waals surface area (Å²) in [4.78, 5) is 8.37. The number of nitrogen functional groups attached to an aromatic ring is 1. The van der Waals surface area contributed by atoms with Crippen LogP contribution in [0.3, 0.4) is 0 Å². The third-order valence-corrected chi connectivity index (χ3v) is 3.28. The first-order chi connectivity index (χ1) is 9.83. The van der Waals surface area contributed by atoms with Gasteiger partial charge >= 0.3 is 0 Å². The third-order valence-electron chi connectivity index (χ3n) is 3.28. The number of anilines is 1. The van der Waals surface area contributed by atoms with E-state index in [0.29, 0.717) is 5.82 Å². The van der Waals surface area contributed by atoms with E-state index in [1.807, 2.05) is 30.7 Å². The number of rotatable bonds is 4.